The predicted octanol–water partition coefficient (Wildman–Crippen LogP) is 0.313. The summed E-state index contributed by atoms with van der Waals surface area (Å²) in [7, 11) is 0. The molecule has 0 saturated heterocycles. The van der Waals surface area contributed by atoms with Crippen LogP contribution in [0.15, 0.2) is 29.9 Å². The molecule has 0 unspecified atom stereocenters. The molecule has 15 heavy (non-hydrogen) atoms. The largest absolute Gasteiger partial charge is 0.360 e. The van der Waals surface area contributed by atoms with Gasteiger partial charge in [0.25, 0.3) is 0 Å². The van der Waals surface area contributed by atoms with Gasteiger partial charge >= 0.3 is 0 Å². The van der Waals surface area contributed by atoms with Crippen LogP contribution in [0.3, 0.4) is 0 Å². The van der Waals surface area contributed by atoms with Gasteiger partial charge in [-0.25, -0.2) is 0 Å². The van der Waals surface area contributed by atoms with E-state index in [9.17, 15) is 10.2 Å². The van der Waals surface area contributed by atoms with Crippen LogP contribution in [0, 0.1) is 0 Å². The zero-order valence-corrected chi connectivity index (χ0v) is 8.55. The van der Waals surface area contributed by atoms with Gasteiger partial charge in [-0.3, -0.25) is 4.98 Å². The van der Waals surface area contributed by atoms with Crippen LogP contribution in [-0.2, 0) is 12.2 Å². The molecule has 0 saturated carbocycles. The maximum absolute atomic E-state index is 9.75. The van der Waals surface area contributed by atoms with Crippen molar-refractivity contribution in [1.82, 2.24) is 15.2 Å². The third-order valence-corrected chi connectivity index (χ3v) is 2.69. The summed E-state index contributed by atoms with van der Waals surface area (Å²) in [5.74, 6) is -1.99. The maximum atomic E-state index is 9.75. The van der Waals surface area contributed by atoms with Gasteiger partial charge in [0.15, 0.2) is 5.01 Å². The molecule has 2 aromatic rings. The van der Waals surface area contributed by atoms with Crippen molar-refractivity contribution < 1.29 is 10.2 Å². The SMILES string of the molecule is OC(O)(Cc1ccccn1)c1nncs1. The van der Waals surface area contributed by atoms with Crippen molar-refractivity contribution in [3.8, 4) is 0 Å². The zero-order valence-electron chi connectivity index (χ0n) is 7.74. The van der Waals surface area contributed by atoms with E-state index in [4.69, 9.17) is 0 Å². The van der Waals surface area contributed by atoms with Gasteiger partial charge in [-0.15, -0.1) is 10.2 Å². The molecular weight excluding hydrogens is 214 g/mol. The van der Waals surface area contributed by atoms with Gasteiger partial charge in [0.2, 0.25) is 5.79 Å². The van der Waals surface area contributed by atoms with Crippen molar-refractivity contribution >= 4 is 11.3 Å². The molecule has 0 bridgehead atoms. The Bertz CT molecular complexity index is 416. The molecule has 5 nitrogen and oxygen atoms in total. The van der Waals surface area contributed by atoms with Crippen LogP contribution in [0.5, 0.6) is 0 Å². The molecule has 0 spiro atoms. The molecule has 0 amide bonds. The first kappa shape index (κ1) is 10.2. The van der Waals surface area contributed by atoms with Crippen LogP contribution in [0.25, 0.3) is 0 Å². The fourth-order valence-electron chi connectivity index (χ4n) is 1.18. The number of pyridine rings is 1. The quantitative estimate of drug-likeness (QED) is 0.732. The summed E-state index contributed by atoms with van der Waals surface area (Å²) < 4.78 is 0. The first-order chi connectivity index (χ1) is 7.18. The average Bonchev–Trinajstić information content (AvgIpc) is 2.71. The van der Waals surface area contributed by atoms with Crippen molar-refractivity contribution in [2.75, 3.05) is 0 Å². The van der Waals surface area contributed by atoms with Crippen molar-refractivity contribution in [2.24, 2.45) is 0 Å². The predicted molar refractivity (Wildman–Crippen MR) is 54.0 cm³/mol. The number of aromatic nitrogens is 3. The number of rotatable bonds is 3. The monoisotopic (exact) mass is 223 g/mol. The van der Waals surface area contributed by atoms with Gasteiger partial charge < -0.3 is 10.2 Å². The highest BCUT2D eigenvalue weighted by Crippen LogP contribution is 2.22. The molecule has 2 rings (SSSR count). The number of aliphatic hydroxyl groups is 2. The van der Waals surface area contributed by atoms with Crippen molar-refractivity contribution in [2.45, 2.75) is 12.2 Å². The molecule has 0 aliphatic heterocycles. The molecular formula is C9H9N3O2S. The van der Waals surface area contributed by atoms with E-state index in [2.05, 4.69) is 15.2 Å². The topological polar surface area (TPSA) is 79.1 Å². The third kappa shape index (κ3) is 2.35. The number of hydrogen-bond acceptors (Lipinski definition) is 6. The number of nitrogens with zero attached hydrogens (tertiary/aromatic N) is 3. The van der Waals surface area contributed by atoms with Crippen LogP contribution >= 0.6 is 11.3 Å². The maximum Gasteiger partial charge on any atom is 0.224 e. The Hall–Kier alpha value is -1.37. The summed E-state index contributed by atoms with van der Waals surface area (Å²) in [6, 6.07) is 5.28. The summed E-state index contributed by atoms with van der Waals surface area (Å²) in [6.07, 6.45) is 1.61. The van der Waals surface area contributed by atoms with E-state index in [1.807, 2.05) is 0 Å². The minimum absolute atomic E-state index is 0.00301. The molecule has 0 aromatic carbocycles. The zero-order chi connectivity index (χ0) is 10.7. The lowest BCUT2D eigenvalue weighted by Gasteiger charge is -2.17. The van der Waals surface area contributed by atoms with Gasteiger partial charge in [-0.2, -0.15) is 0 Å². The Morgan fingerprint density at radius 3 is 2.80 bits per heavy atom. The molecule has 6 heteroatoms. The highest BCUT2D eigenvalue weighted by Gasteiger charge is 2.30. The second-order valence-corrected chi connectivity index (χ2v) is 3.89. The summed E-state index contributed by atoms with van der Waals surface area (Å²) >= 11 is 1.10. The van der Waals surface area contributed by atoms with Gasteiger partial charge in [0.05, 0.1) is 6.42 Å². The summed E-state index contributed by atoms with van der Waals surface area (Å²) in [4.78, 5) is 4.01. The van der Waals surface area contributed by atoms with E-state index < -0.39 is 5.79 Å². The fourth-order valence-corrected chi connectivity index (χ4v) is 1.73. The van der Waals surface area contributed by atoms with E-state index in [1.54, 1.807) is 24.4 Å². The number of hydrogen-bond donors (Lipinski definition) is 2. The summed E-state index contributed by atoms with van der Waals surface area (Å²) in [6.45, 7) is 0. The van der Waals surface area contributed by atoms with Crippen LogP contribution < -0.4 is 0 Å². The highest BCUT2D eigenvalue weighted by atomic mass is 32.1. The minimum atomic E-state index is -1.99. The lowest BCUT2D eigenvalue weighted by molar-refractivity contribution is -0.169. The van der Waals surface area contributed by atoms with Crippen molar-refractivity contribution in [3.05, 3.63) is 40.6 Å². The molecule has 0 radical (unpaired) electrons. The lowest BCUT2D eigenvalue weighted by Crippen LogP contribution is -2.28. The molecule has 2 N–H and O–H groups in total. The van der Waals surface area contributed by atoms with E-state index in [0.717, 1.165) is 11.3 Å². The highest BCUT2D eigenvalue weighted by molar-refractivity contribution is 7.09. The Morgan fingerprint density at radius 1 is 1.33 bits per heavy atom. The fraction of sp³-hybridized carbons (Fsp3) is 0.222. The van der Waals surface area contributed by atoms with E-state index in [1.165, 1.54) is 5.51 Å². The van der Waals surface area contributed by atoms with E-state index in [-0.39, 0.29) is 11.4 Å². The molecule has 2 heterocycles. The third-order valence-electron chi connectivity index (χ3n) is 1.86. The van der Waals surface area contributed by atoms with Gasteiger partial charge in [0, 0.05) is 11.9 Å². The van der Waals surface area contributed by atoms with Crippen LogP contribution in [0.4, 0.5) is 0 Å². The van der Waals surface area contributed by atoms with Crippen LogP contribution in [-0.4, -0.2) is 25.4 Å². The Labute approximate surface area is 90.1 Å². The summed E-state index contributed by atoms with van der Waals surface area (Å²) in [5.41, 5.74) is 2.05. The average molecular weight is 223 g/mol. The van der Waals surface area contributed by atoms with Gasteiger partial charge in [0.1, 0.15) is 5.51 Å². The molecule has 0 fully saturated rings. The van der Waals surface area contributed by atoms with Crippen LogP contribution in [0.1, 0.15) is 10.7 Å². The Morgan fingerprint density at radius 2 is 2.20 bits per heavy atom. The first-order valence-electron chi connectivity index (χ1n) is 4.30. The molecule has 0 aliphatic carbocycles. The first-order valence-corrected chi connectivity index (χ1v) is 5.18. The van der Waals surface area contributed by atoms with Crippen LogP contribution in [0.2, 0.25) is 0 Å². The standard InChI is InChI=1S/C9H9N3O2S/c13-9(14,8-12-11-6-15-8)5-7-3-1-2-4-10-7/h1-4,6,13-14H,5H2. The smallest absolute Gasteiger partial charge is 0.224 e. The van der Waals surface area contributed by atoms with Crippen molar-refractivity contribution in [3.63, 3.8) is 0 Å². The molecule has 2 aromatic heterocycles. The van der Waals surface area contributed by atoms with E-state index >= 15 is 0 Å². The minimum Gasteiger partial charge on any atom is -0.360 e. The van der Waals surface area contributed by atoms with Gasteiger partial charge in [-0.1, -0.05) is 17.4 Å². The van der Waals surface area contributed by atoms with Crippen molar-refractivity contribution in [1.29, 1.82) is 0 Å². The molecule has 78 valence electrons. The van der Waals surface area contributed by atoms with E-state index in [0.29, 0.717) is 5.69 Å². The molecule has 0 atom stereocenters. The summed E-state index contributed by atoms with van der Waals surface area (Å²) in [5, 5.41) is 26.9. The lowest BCUT2D eigenvalue weighted by atomic mass is 10.1. The molecule has 0 aliphatic rings. The van der Waals surface area contributed by atoms with Gasteiger partial charge in [-0.05, 0) is 12.1 Å². The second kappa shape index (κ2) is 4.01. The Balaban J connectivity index is 2.18. The second-order valence-electron chi connectivity index (χ2n) is 3.06. The Kier molecular flexibility index (Phi) is 2.72. The normalized spacial score (nSPS) is 11.6.